The van der Waals surface area contributed by atoms with Gasteiger partial charge < -0.3 is 4.74 Å². The molecule has 1 aromatic carbocycles. The summed E-state index contributed by atoms with van der Waals surface area (Å²) in [5, 5.41) is 0. The molecule has 0 saturated carbocycles. The van der Waals surface area contributed by atoms with Crippen LogP contribution in [0.25, 0.3) is 0 Å². The second kappa shape index (κ2) is 5.18. The van der Waals surface area contributed by atoms with Crippen LogP contribution in [0, 0.1) is 6.92 Å². The summed E-state index contributed by atoms with van der Waals surface area (Å²) in [5.41, 5.74) is 1.08. The first kappa shape index (κ1) is 13.2. The molecule has 1 unspecified atom stereocenters. The van der Waals surface area contributed by atoms with Gasteiger partial charge in [-0.2, -0.15) is 13.2 Å². The van der Waals surface area contributed by atoms with Crippen molar-refractivity contribution < 1.29 is 17.9 Å². The number of benzene rings is 1. The SMILES string of the molecule is Cc1cccc(OC2CCN(CC(F)(F)F)C2)c1. The van der Waals surface area contributed by atoms with E-state index < -0.39 is 12.7 Å². The van der Waals surface area contributed by atoms with E-state index in [1.165, 1.54) is 4.90 Å². The smallest absolute Gasteiger partial charge is 0.401 e. The maximum atomic E-state index is 12.2. The monoisotopic (exact) mass is 259 g/mol. The van der Waals surface area contributed by atoms with Gasteiger partial charge in [0.15, 0.2) is 0 Å². The standard InChI is InChI=1S/C13H16F3NO/c1-10-3-2-4-11(7-10)18-12-5-6-17(8-12)9-13(14,15)16/h2-4,7,12H,5-6,8-9H2,1H3. The Hall–Kier alpha value is -1.23. The molecule has 1 aliphatic rings. The van der Waals surface area contributed by atoms with Crippen molar-refractivity contribution in [2.45, 2.75) is 25.6 Å². The number of nitrogens with zero attached hydrogens (tertiary/aromatic N) is 1. The van der Waals surface area contributed by atoms with E-state index in [-0.39, 0.29) is 6.10 Å². The number of alkyl halides is 3. The lowest BCUT2D eigenvalue weighted by atomic mass is 10.2. The van der Waals surface area contributed by atoms with Gasteiger partial charge in [-0.05, 0) is 31.0 Å². The highest BCUT2D eigenvalue weighted by atomic mass is 19.4. The average Bonchev–Trinajstić information content (AvgIpc) is 2.62. The molecule has 2 rings (SSSR count). The van der Waals surface area contributed by atoms with Crippen LogP contribution in [0.15, 0.2) is 24.3 Å². The van der Waals surface area contributed by atoms with E-state index in [0.29, 0.717) is 19.5 Å². The number of likely N-dealkylation sites (tertiary alicyclic amines) is 1. The van der Waals surface area contributed by atoms with E-state index in [4.69, 9.17) is 4.74 Å². The van der Waals surface area contributed by atoms with E-state index in [1.807, 2.05) is 31.2 Å². The van der Waals surface area contributed by atoms with E-state index in [9.17, 15) is 13.2 Å². The summed E-state index contributed by atoms with van der Waals surface area (Å²) in [6.07, 6.45) is -3.63. The molecule has 0 bridgehead atoms. The van der Waals surface area contributed by atoms with Gasteiger partial charge in [-0.25, -0.2) is 0 Å². The fraction of sp³-hybridized carbons (Fsp3) is 0.538. The molecule has 0 radical (unpaired) electrons. The number of hydrogen-bond donors (Lipinski definition) is 0. The van der Waals surface area contributed by atoms with Crippen molar-refractivity contribution >= 4 is 0 Å². The van der Waals surface area contributed by atoms with E-state index in [1.54, 1.807) is 0 Å². The van der Waals surface area contributed by atoms with Crippen LogP contribution in [-0.2, 0) is 0 Å². The van der Waals surface area contributed by atoms with Crippen LogP contribution in [-0.4, -0.2) is 36.8 Å². The van der Waals surface area contributed by atoms with Crippen LogP contribution < -0.4 is 4.74 Å². The Morgan fingerprint density at radius 1 is 1.39 bits per heavy atom. The van der Waals surface area contributed by atoms with Gasteiger partial charge in [0, 0.05) is 13.1 Å². The summed E-state index contributed by atoms with van der Waals surface area (Å²) >= 11 is 0. The zero-order chi connectivity index (χ0) is 13.2. The molecule has 100 valence electrons. The quantitative estimate of drug-likeness (QED) is 0.827. The van der Waals surface area contributed by atoms with Gasteiger partial charge in [0.25, 0.3) is 0 Å². The third kappa shape index (κ3) is 3.91. The second-order valence-electron chi connectivity index (χ2n) is 4.70. The summed E-state index contributed by atoms with van der Waals surface area (Å²) in [6.45, 7) is 1.89. The van der Waals surface area contributed by atoms with Crippen molar-refractivity contribution in [1.29, 1.82) is 0 Å². The van der Waals surface area contributed by atoms with Gasteiger partial charge in [-0.15, -0.1) is 0 Å². The van der Waals surface area contributed by atoms with Gasteiger partial charge >= 0.3 is 6.18 Å². The molecule has 1 atom stereocenters. The Bertz CT molecular complexity index is 405. The summed E-state index contributed by atoms with van der Waals surface area (Å²) in [7, 11) is 0. The molecule has 1 saturated heterocycles. The molecule has 0 N–H and O–H groups in total. The average molecular weight is 259 g/mol. The number of aryl methyl sites for hydroxylation is 1. The minimum Gasteiger partial charge on any atom is -0.489 e. The largest absolute Gasteiger partial charge is 0.489 e. The minimum absolute atomic E-state index is 0.144. The van der Waals surface area contributed by atoms with Crippen molar-refractivity contribution in [3.63, 3.8) is 0 Å². The zero-order valence-corrected chi connectivity index (χ0v) is 10.2. The Kier molecular flexibility index (Phi) is 3.80. The molecule has 0 aromatic heterocycles. The Labute approximate surface area is 104 Å². The first-order valence-corrected chi connectivity index (χ1v) is 5.95. The lowest BCUT2D eigenvalue weighted by molar-refractivity contribution is -0.144. The predicted molar refractivity (Wildman–Crippen MR) is 62.7 cm³/mol. The number of halogens is 3. The van der Waals surface area contributed by atoms with Crippen LogP contribution >= 0.6 is 0 Å². The molecule has 1 aromatic rings. The predicted octanol–water partition coefficient (Wildman–Crippen LogP) is 3.01. The normalized spacial score (nSPS) is 21.2. The topological polar surface area (TPSA) is 12.5 Å². The van der Waals surface area contributed by atoms with Crippen molar-refractivity contribution in [2.75, 3.05) is 19.6 Å². The number of ether oxygens (including phenoxy) is 1. The lowest BCUT2D eigenvalue weighted by Gasteiger charge is -2.18. The molecule has 0 spiro atoms. The lowest BCUT2D eigenvalue weighted by Crippen LogP contribution is -2.33. The number of hydrogen-bond acceptors (Lipinski definition) is 2. The maximum Gasteiger partial charge on any atom is 0.401 e. The Morgan fingerprint density at radius 3 is 2.83 bits per heavy atom. The third-order valence-electron chi connectivity index (χ3n) is 2.92. The van der Waals surface area contributed by atoms with Crippen molar-refractivity contribution in [3.8, 4) is 5.75 Å². The Morgan fingerprint density at radius 2 is 2.17 bits per heavy atom. The van der Waals surface area contributed by atoms with Gasteiger partial charge in [-0.3, -0.25) is 4.90 Å². The molecular weight excluding hydrogens is 243 g/mol. The molecule has 0 aliphatic carbocycles. The van der Waals surface area contributed by atoms with Crippen LogP contribution in [0.1, 0.15) is 12.0 Å². The molecule has 1 heterocycles. The van der Waals surface area contributed by atoms with Crippen molar-refractivity contribution in [1.82, 2.24) is 4.90 Å². The molecule has 1 aliphatic heterocycles. The summed E-state index contributed by atoms with van der Waals surface area (Å²) in [5.74, 6) is 0.730. The maximum absolute atomic E-state index is 12.2. The van der Waals surface area contributed by atoms with Gasteiger partial charge in [0.1, 0.15) is 11.9 Å². The molecule has 0 amide bonds. The molecule has 2 nitrogen and oxygen atoms in total. The number of rotatable bonds is 3. The molecular formula is C13H16F3NO. The summed E-state index contributed by atoms with van der Waals surface area (Å²) < 4.78 is 42.4. The van der Waals surface area contributed by atoms with Gasteiger partial charge in [-0.1, -0.05) is 12.1 Å². The van der Waals surface area contributed by atoms with E-state index in [2.05, 4.69) is 0 Å². The van der Waals surface area contributed by atoms with E-state index in [0.717, 1.165) is 11.3 Å². The first-order valence-electron chi connectivity index (χ1n) is 5.95. The first-order chi connectivity index (χ1) is 8.42. The Balaban J connectivity index is 1.86. The zero-order valence-electron chi connectivity index (χ0n) is 10.2. The van der Waals surface area contributed by atoms with Gasteiger partial charge in [0.2, 0.25) is 0 Å². The van der Waals surface area contributed by atoms with Crippen LogP contribution in [0.5, 0.6) is 5.75 Å². The van der Waals surface area contributed by atoms with Crippen molar-refractivity contribution in [2.24, 2.45) is 0 Å². The fourth-order valence-corrected chi connectivity index (χ4v) is 2.17. The highest BCUT2D eigenvalue weighted by Crippen LogP contribution is 2.23. The van der Waals surface area contributed by atoms with Crippen LogP contribution in [0.3, 0.4) is 0 Å². The highest BCUT2D eigenvalue weighted by Gasteiger charge is 2.34. The van der Waals surface area contributed by atoms with Crippen molar-refractivity contribution in [3.05, 3.63) is 29.8 Å². The molecule has 5 heteroatoms. The van der Waals surface area contributed by atoms with Crippen LogP contribution in [0.2, 0.25) is 0 Å². The highest BCUT2D eigenvalue weighted by molar-refractivity contribution is 5.27. The molecule has 1 fully saturated rings. The summed E-state index contributed by atoms with van der Waals surface area (Å²) in [4.78, 5) is 1.39. The summed E-state index contributed by atoms with van der Waals surface area (Å²) in [6, 6.07) is 7.57. The second-order valence-corrected chi connectivity index (χ2v) is 4.70. The van der Waals surface area contributed by atoms with Gasteiger partial charge in [0.05, 0.1) is 6.54 Å². The molecule has 18 heavy (non-hydrogen) atoms. The third-order valence-corrected chi connectivity index (χ3v) is 2.92. The van der Waals surface area contributed by atoms with E-state index >= 15 is 0 Å². The minimum atomic E-state index is -4.13. The fourth-order valence-electron chi connectivity index (χ4n) is 2.17. The van der Waals surface area contributed by atoms with Crippen LogP contribution in [0.4, 0.5) is 13.2 Å².